The Kier molecular flexibility index (Phi) is 4.42. The van der Waals surface area contributed by atoms with Crippen LogP contribution in [0.15, 0.2) is 12.4 Å². The summed E-state index contributed by atoms with van der Waals surface area (Å²) in [4.78, 5) is 19.4. The minimum atomic E-state index is -4.59. The lowest BCUT2D eigenvalue weighted by Gasteiger charge is -2.19. The Morgan fingerprint density at radius 3 is 2.73 bits per heavy atom. The van der Waals surface area contributed by atoms with Gasteiger partial charge in [0.2, 0.25) is 5.95 Å². The molecule has 0 saturated carbocycles. The summed E-state index contributed by atoms with van der Waals surface area (Å²) < 4.78 is 45.0. The van der Waals surface area contributed by atoms with Crippen molar-refractivity contribution in [3.63, 3.8) is 0 Å². The summed E-state index contributed by atoms with van der Waals surface area (Å²) in [6, 6.07) is 0. The van der Waals surface area contributed by atoms with Crippen LogP contribution in [0.4, 0.5) is 30.6 Å². The van der Waals surface area contributed by atoms with Crippen LogP contribution in [0.25, 0.3) is 0 Å². The van der Waals surface area contributed by atoms with Crippen molar-refractivity contribution in [1.29, 1.82) is 0 Å². The number of carbonyl (C=O) groups excluding carboxylic acids is 1. The Hall–Kier alpha value is -2.56. The molecule has 1 saturated heterocycles. The zero-order valence-corrected chi connectivity index (χ0v) is 14.4. The van der Waals surface area contributed by atoms with E-state index in [-0.39, 0.29) is 29.2 Å². The molecule has 0 radical (unpaired) electrons. The number of ether oxygens (including phenoxy) is 1. The van der Waals surface area contributed by atoms with Crippen LogP contribution in [-0.4, -0.2) is 39.4 Å². The van der Waals surface area contributed by atoms with Crippen molar-refractivity contribution in [1.82, 2.24) is 19.7 Å². The number of hydrogen-bond acceptors (Lipinski definition) is 7. The number of cyclic esters (lactones) is 1. The van der Waals surface area contributed by atoms with E-state index in [1.807, 2.05) is 0 Å². The van der Waals surface area contributed by atoms with Crippen LogP contribution in [0.1, 0.15) is 18.9 Å². The molecule has 1 aliphatic rings. The fraction of sp³-hybridized carbons (Fsp3) is 0.429. The highest BCUT2D eigenvalue weighted by Gasteiger charge is 2.43. The van der Waals surface area contributed by atoms with Gasteiger partial charge in [-0.1, -0.05) is 11.6 Å². The number of hydrogen-bond donors (Lipinski definition) is 2. The lowest BCUT2D eigenvalue weighted by Crippen LogP contribution is -2.35. The van der Waals surface area contributed by atoms with Crippen LogP contribution in [-0.2, 0) is 21.2 Å². The summed E-state index contributed by atoms with van der Waals surface area (Å²) in [5, 5.41) is 9.18. The molecular weight excluding hydrogens is 377 g/mol. The second-order valence-corrected chi connectivity index (χ2v) is 6.12. The van der Waals surface area contributed by atoms with Gasteiger partial charge in [-0.2, -0.15) is 23.3 Å². The SMILES string of the molecule is CNc1nc(Nc2cn([C@]3(C)CCOC3=O)nc2Cl)ncc1C(F)(F)F. The van der Waals surface area contributed by atoms with Crippen molar-refractivity contribution in [2.75, 3.05) is 24.3 Å². The molecule has 12 heteroatoms. The van der Waals surface area contributed by atoms with E-state index in [4.69, 9.17) is 16.3 Å². The molecule has 2 N–H and O–H groups in total. The van der Waals surface area contributed by atoms with Crippen molar-refractivity contribution in [2.24, 2.45) is 0 Å². The highest BCUT2D eigenvalue weighted by molar-refractivity contribution is 6.32. The van der Waals surface area contributed by atoms with Crippen molar-refractivity contribution < 1.29 is 22.7 Å². The van der Waals surface area contributed by atoms with E-state index < -0.39 is 23.2 Å². The Morgan fingerprint density at radius 1 is 1.42 bits per heavy atom. The van der Waals surface area contributed by atoms with Gasteiger partial charge in [0.15, 0.2) is 10.7 Å². The normalized spacial score (nSPS) is 20.2. The standard InChI is InChI=1S/C14H14ClF3N6O2/c1-13(3-4-26-11(13)25)24-6-8(9(15)23-24)21-12-20-5-7(14(16,17)18)10(19-2)22-12/h5-6H,3-4H2,1-2H3,(H2,19,20,21,22)/t13-/m1/s1. The third-order valence-corrected chi connectivity index (χ3v) is 4.29. The first-order chi connectivity index (χ1) is 12.1. The molecule has 0 spiro atoms. The number of rotatable bonds is 4. The largest absolute Gasteiger partial charge is 0.464 e. The van der Waals surface area contributed by atoms with E-state index in [1.54, 1.807) is 6.92 Å². The number of aromatic nitrogens is 4. The Bertz CT molecular complexity index is 856. The second kappa shape index (κ2) is 6.31. The first-order valence-corrected chi connectivity index (χ1v) is 7.85. The Morgan fingerprint density at radius 2 is 2.15 bits per heavy atom. The van der Waals surface area contributed by atoms with Crippen LogP contribution < -0.4 is 10.6 Å². The molecule has 3 heterocycles. The minimum Gasteiger partial charge on any atom is -0.464 e. The molecule has 0 bridgehead atoms. The van der Waals surface area contributed by atoms with Crippen LogP contribution in [0.5, 0.6) is 0 Å². The van der Waals surface area contributed by atoms with Crippen LogP contribution in [0.2, 0.25) is 5.15 Å². The van der Waals surface area contributed by atoms with Crippen molar-refractivity contribution >= 4 is 35.0 Å². The van der Waals surface area contributed by atoms with E-state index in [9.17, 15) is 18.0 Å². The molecule has 1 aliphatic heterocycles. The molecule has 0 unspecified atom stereocenters. The summed E-state index contributed by atoms with van der Waals surface area (Å²) in [6.07, 6.45) is -2.05. The van der Waals surface area contributed by atoms with Gasteiger partial charge in [0.05, 0.1) is 18.5 Å². The highest BCUT2D eigenvalue weighted by atomic mass is 35.5. The fourth-order valence-electron chi connectivity index (χ4n) is 2.46. The third-order valence-electron chi connectivity index (χ3n) is 4.01. The van der Waals surface area contributed by atoms with Gasteiger partial charge >= 0.3 is 12.1 Å². The number of carbonyl (C=O) groups is 1. The molecule has 26 heavy (non-hydrogen) atoms. The quantitative estimate of drug-likeness (QED) is 0.775. The first kappa shape index (κ1) is 18.2. The highest BCUT2D eigenvalue weighted by Crippen LogP contribution is 2.35. The number of alkyl halides is 3. The second-order valence-electron chi connectivity index (χ2n) is 5.77. The topological polar surface area (TPSA) is 94.0 Å². The fourth-order valence-corrected chi connectivity index (χ4v) is 2.64. The zero-order valence-electron chi connectivity index (χ0n) is 13.7. The van der Waals surface area contributed by atoms with E-state index >= 15 is 0 Å². The zero-order chi connectivity index (χ0) is 19.1. The molecule has 140 valence electrons. The number of anilines is 3. The van der Waals surface area contributed by atoms with Gasteiger partial charge < -0.3 is 15.4 Å². The van der Waals surface area contributed by atoms with Gasteiger partial charge in [-0.25, -0.2) is 9.78 Å². The maximum absolute atomic E-state index is 12.9. The Balaban J connectivity index is 1.89. The molecule has 0 amide bonds. The van der Waals surface area contributed by atoms with Gasteiger partial charge in [0, 0.05) is 19.7 Å². The van der Waals surface area contributed by atoms with Crippen LogP contribution in [0.3, 0.4) is 0 Å². The van der Waals surface area contributed by atoms with Gasteiger partial charge in [0.25, 0.3) is 0 Å². The van der Waals surface area contributed by atoms with Gasteiger partial charge in [-0.05, 0) is 6.92 Å². The lowest BCUT2D eigenvalue weighted by molar-refractivity contribution is -0.145. The summed E-state index contributed by atoms with van der Waals surface area (Å²) in [5.74, 6) is -0.931. The Labute approximate surface area is 150 Å². The molecule has 1 atom stereocenters. The van der Waals surface area contributed by atoms with Crippen molar-refractivity contribution in [3.8, 4) is 0 Å². The van der Waals surface area contributed by atoms with Crippen LogP contribution >= 0.6 is 11.6 Å². The molecule has 0 aromatic carbocycles. The van der Waals surface area contributed by atoms with Gasteiger partial charge in [0.1, 0.15) is 11.4 Å². The molecule has 1 fully saturated rings. The van der Waals surface area contributed by atoms with E-state index in [2.05, 4.69) is 25.7 Å². The number of nitrogens with zero attached hydrogens (tertiary/aromatic N) is 4. The molecule has 0 aliphatic carbocycles. The first-order valence-electron chi connectivity index (χ1n) is 7.47. The lowest BCUT2D eigenvalue weighted by atomic mass is 10.0. The van der Waals surface area contributed by atoms with Crippen molar-refractivity contribution in [3.05, 3.63) is 23.1 Å². The van der Waals surface area contributed by atoms with Crippen molar-refractivity contribution in [2.45, 2.75) is 25.1 Å². The summed E-state index contributed by atoms with van der Waals surface area (Å²) >= 11 is 6.06. The summed E-state index contributed by atoms with van der Waals surface area (Å²) in [7, 11) is 1.32. The van der Waals surface area contributed by atoms with E-state index in [0.29, 0.717) is 12.6 Å². The smallest absolute Gasteiger partial charge is 0.421 e. The van der Waals surface area contributed by atoms with E-state index in [0.717, 1.165) is 0 Å². The van der Waals surface area contributed by atoms with Crippen LogP contribution in [0, 0.1) is 0 Å². The average molecular weight is 391 g/mol. The monoisotopic (exact) mass is 390 g/mol. The number of halogens is 4. The van der Waals surface area contributed by atoms with Gasteiger partial charge in [-0.15, -0.1) is 0 Å². The molecule has 8 nitrogen and oxygen atoms in total. The van der Waals surface area contributed by atoms with Gasteiger partial charge in [-0.3, -0.25) is 4.68 Å². The molecular formula is C14H14ClF3N6O2. The van der Waals surface area contributed by atoms with E-state index in [1.165, 1.54) is 17.9 Å². The number of esters is 1. The minimum absolute atomic E-state index is 0.0143. The molecule has 2 aromatic heterocycles. The summed E-state index contributed by atoms with van der Waals surface area (Å²) in [5.41, 5.74) is -1.75. The number of nitrogens with one attached hydrogen (secondary N) is 2. The maximum atomic E-state index is 12.9. The molecule has 2 aromatic rings. The summed E-state index contributed by atoms with van der Waals surface area (Å²) in [6.45, 7) is 1.92. The predicted octanol–water partition coefficient (Wildman–Crippen LogP) is 2.79. The predicted molar refractivity (Wildman–Crippen MR) is 86.3 cm³/mol. The molecule has 3 rings (SSSR count). The third kappa shape index (κ3) is 3.14. The maximum Gasteiger partial charge on any atom is 0.421 e. The average Bonchev–Trinajstić information content (AvgIpc) is 3.10.